The Morgan fingerprint density at radius 3 is 2.45 bits per heavy atom. The molecule has 1 fully saturated rings. The maximum absolute atomic E-state index is 6.09. The number of rotatable bonds is 8. The quantitative estimate of drug-likeness (QED) is 0.426. The number of thiazole rings is 1. The van der Waals surface area contributed by atoms with Crippen molar-refractivity contribution in [2.45, 2.75) is 18.9 Å². The molecule has 1 atom stereocenters. The predicted molar refractivity (Wildman–Crippen MR) is 131 cm³/mol. The van der Waals surface area contributed by atoms with E-state index < -0.39 is 0 Å². The lowest BCUT2D eigenvalue weighted by atomic mass is 10.1. The number of hydrogen-bond acceptors (Lipinski definition) is 7. The lowest BCUT2D eigenvalue weighted by Crippen LogP contribution is -2.17. The molecule has 1 unspecified atom stereocenters. The van der Waals surface area contributed by atoms with E-state index >= 15 is 0 Å². The zero-order valence-corrected chi connectivity index (χ0v) is 20.4. The van der Waals surface area contributed by atoms with Gasteiger partial charge in [0.25, 0.3) is 0 Å². The van der Waals surface area contributed by atoms with Gasteiger partial charge in [0.2, 0.25) is 4.80 Å². The van der Waals surface area contributed by atoms with Gasteiger partial charge in [-0.05, 0) is 25.0 Å². The first kappa shape index (κ1) is 23.4. The van der Waals surface area contributed by atoms with E-state index in [2.05, 4.69) is 0 Å². The van der Waals surface area contributed by atoms with E-state index in [9.17, 15) is 0 Å². The number of methoxy groups -OCH3 is 3. The molecule has 0 spiro atoms. The summed E-state index contributed by atoms with van der Waals surface area (Å²) in [6.45, 7) is 1.40. The summed E-state index contributed by atoms with van der Waals surface area (Å²) in [6.07, 6.45) is 3.98. The molecule has 0 saturated carbocycles. The molecular formula is C24H26ClN3O4S. The largest absolute Gasteiger partial charge is 0.496 e. The van der Waals surface area contributed by atoms with Crippen molar-refractivity contribution in [1.82, 2.24) is 4.68 Å². The van der Waals surface area contributed by atoms with Gasteiger partial charge in [0.15, 0.2) is 0 Å². The van der Waals surface area contributed by atoms with E-state index in [0.29, 0.717) is 34.4 Å². The molecule has 9 heteroatoms. The maximum Gasteiger partial charge on any atom is 0.206 e. The zero-order chi connectivity index (χ0) is 23.2. The third-order valence-electron chi connectivity index (χ3n) is 5.33. The summed E-state index contributed by atoms with van der Waals surface area (Å²) < 4.78 is 24.0. The van der Waals surface area contributed by atoms with Crippen LogP contribution in [0.4, 0.5) is 0 Å². The standard InChI is InChI=1S/C24H26ClN3O4S/c1-29-19-11-22(30-2)20(23(12-19)31-3)14-27-28-21(16-6-8-17(25)9-7-16)15-33-24(28)26-13-18-5-4-10-32-18/h6-9,11-12,14-15,18H,4-5,10,13H2,1-3H3. The SMILES string of the molecule is COc1cc(OC)c(C=Nn2c(-c3ccc(Cl)cc3)csc2=NCC2CCCO2)c(OC)c1. The second kappa shape index (κ2) is 10.9. The van der Waals surface area contributed by atoms with Crippen LogP contribution < -0.4 is 19.0 Å². The van der Waals surface area contributed by atoms with Crippen LogP contribution in [0.5, 0.6) is 17.2 Å². The molecule has 33 heavy (non-hydrogen) atoms. The summed E-state index contributed by atoms with van der Waals surface area (Å²) in [7, 11) is 4.80. The monoisotopic (exact) mass is 487 g/mol. The van der Waals surface area contributed by atoms with Gasteiger partial charge in [-0.1, -0.05) is 23.7 Å². The molecule has 2 heterocycles. The van der Waals surface area contributed by atoms with Crippen molar-refractivity contribution in [2.75, 3.05) is 34.5 Å². The van der Waals surface area contributed by atoms with E-state index in [0.717, 1.165) is 35.5 Å². The number of aromatic nitrogens is 1. The smallest absolute Gasteiger partial charge is 0.206 e. The van der Waals surface area contributed by atoms with Crippen LogP contribution in [0.2, 0.25) is 5.02 Å². The fraction of sp³-hybridized carbons (Fsp3) is 0.333. The van der Waals surface area contributed by atoms with Crippen LogP contribution in [0.3, 0.4) is 0 Å². The third-order valence-corrected chi connectivity index (χ3v) is 6.44. The molecular weight excluding hydrogens is 462 g/mol. The van der Waals surface area contributed by atoms with Gasteiger partial charge in [0, 0.05) is 34.7 Å². The van der Waals surface area contributed by atoms with E-state index in [1.54, 1.807) is 39.7 Å². The van der Waals surface area contributed by atoms with Crippen molar-refractivity contribution in [3.63, 3.8) is 0 Å². The molecule has 4 rings (SSSR count). The minimum atomic E-state index is 0.158. The summed E-state index contributed by atoms with van der Waals surface area (Å²) in [4.78, 5) is 5.59. The first-order valence-corrected chi connectivity index (χ1v) is 11.8. The van der Waals surface area contributed by atoms with Crippen LogP contribution in [0.1, 0.15) is 18.4 Å². The molecule has 0 radical (unpaired) electrons. The van der Waals surface area contributed by atoms with Gasteiger partial charge < -0.3 is 18.9 Å². The average molecular weight is 488 g/mol. The molecule has 0 N–H and O–H groups in total. The molecule has 174 valence electrons. The van der Waals surface area contributed by atoms with Crippen molar-refractivity contribution < 1.29 is 18.9 Å². The van der Waals surface area contributed by atoms with Crippen LogP contribution in [-0.4, -0.2) is 51.5 Å². The highest BCUT2D eigenvalue weighted by molar-refractivity contribution is 7.07. The molecule has 0 aliphatic carbocycles. The topological polar surface area (TPSA) is 66.6 Å². The molecule has 0 bridgehead atoms. The second-order valence-corrected chi connectivity index (χ2v) is 8.66. The Morgan fingerprint density at radius 2 is 1.85 bits per heavy atom. The highest BCUT2D eigenvalue weighted by Crippen LogP contribution is 2.33. The zero-order valence-electron chi connectivity index (χ0n) is 18.8. The summed E-state index contributed by atoms with van der Waals surface area (Å²) in [5, 5.41) is 7.51. The van der Waals surface area contributed by atoms with Gasteiger partial charge >= 0.3 is 0 Å². The molecule has 3 aromatic rings. The van der Waals surface area contributed by atoms with Crippen molar-refractivity contribution in [3.05, 3.63) is 57.2 Å². The first-order chi connectivity index (χ1) is 16.1. The van der Waals surface area contributed by atoms with Crippen LogP contribution >= 0.6 is 22.9 Å². The van der Waals surface area contributed by atoms with Gasteiger partial charge in [-0.3, -0.25) is 4.99 Å². The summed E-state index contributed by atoms with van der Waals surface area (Å²) >= 11 is 7.63. The minimum absolute atomic E-state index is 0.158. The maximum atomic E-state index is 6.09. The van der Waals surface area contributed by atoms with Gasteiger partial charge in [-0.15, -0.1) is 11.3 Å². The molecule has 1 aromatic heterocycles. The van der Waals surface area contributed by atoms with Crippen molar-refractivity contribution >= 4 is 29.2 Å². The van der Waals surface area contributed by atoms with Crippen LogP contribution in [0.25, 0.3) is 11.3 Å². The Morgan fingerprint density at radius 1 is 1.12 bits per heavy atom. The van der Waals surface area contributed by atoms with Crippen molar-refractivity contribution in [3.8, 4) is 28.5 Å². The highest BCUT2D eigenvalue weighted by atomic mass is 35.5. The Balaban J connectivity index is 1.78. The fourth-order valence-electron chi connectivity index (χ4n) is 3.58. The molecule has 0 amide bonds. The van der Waals surface area contributed by atoms with E-state index in [1.807, 2.05) is 34.3 Å². The summed E-state index contributed by atoms with van der Waals surface area (Å²) in [5.74, 6) is 1.83. The number of ether oxygens (including phenoxy) is 4. The number of benzene rings is 2. The van der Waals surface area contributed by atoms with Crippen LogP contribution in [0.15, 0.2) is 51.9 Å². The second-order valence-electron chi connectivity index (χ2n) is 7.39. The predicted octanol–water partition coefficient (Wildman–Crippen LogP) is 4.86. The van der Waals surface area contributed by atoms with Crippen LogP contribution in [-0.2, 0) is 4.74 Å². The highest BCUT2D eigenvalue weighted by Gasteiger charge is 2.16. The third kappa shape index (κ3) is 5.40. The molecule has 1 saturated heterocycles. The van der Waals surface area contributed by atoms with E-state index in [1.165, 1.54) is 11.3 Å². The Bertz CT molecular complexity index is 1160. The van der Waals surface area contributed by atoms with Gasteiger partial charge in [-0.25, -0.2) is 4.68 Å². The molecule has 7 nitrogen and oxygen atoms in total. The lowest BCUT2D eigenvalue weighted by Gasteiger charge is -2.12. The fourth-order valence-corrected chi connectivity index (χ4v) is 4.56. The normalized spacial score (nSPS) is 16.5. The summed E-state index contributed by atoms with van der Waals surface area (Å²) in [5.41, 5.74) is 2.59. The Labute approximate surface area is 201 Å². The van der Waals surface area contributed by atoms with Crippen LogP contribution in [0, 0.1) is 0 Å². The van der Waals surface area contributed by atoms with Gasteiger partial charge in [0.05, 0.1) is 51.5 Å². The van der Waals surface area contributed by atoms with E-state index in [-0.39, 0.29) is 6.10 Å². The van der Waals surface area contributed by atoms with Gasteiger partial charge in [0.1, 0.15) is 17.2 Å². The number of hydrogen-bond donors (Lipinski definition) is 0. The molecule has 1 aliphatic heterocycles. The Hall–Kier alpha value is -2.81. The molecule has 1 aliphatic rings. The first-order valence-electron chi connectivity index (χ1n) is 10.6. The van der Waals surface area contributed by atoms with Crippen molar-refractivity contribution in [2.24, 2.45) is 10.1 Å². The van der Waals surface area contributed by atoms with Crippen molar-refractivity contribution in [1.29, 1.82) is 0 Å². The summed E-state index contributed by atoms with van der Waals surface area (Å²) in [6, 6.07) is 11.3. The lowest BCUT2D eigenvalue weighted by molar-refractivity contribution is 0.117. The van der Waals surface area contributed by atoms with E-state index in [4.69, 9.17) is 40.6 Å². The number of halogens is 1. The minimum Gasteiger partial charge on any atom is -0.496 e. The Kier molecular flexibility index (Phi) is 7.69. The number of nitrogens with zero attached hydrogens (tertiary/aromatic N) is 3. The average Bonchev–Trinajstić information content (AvgIpc) is 3.51. The molecule has 2 aromatic carbocycles. The van der Waals surface area contributed by atoms with Gasteiger partial charge in [-0.2, -0.15) is 5.10 Å².